The molecular weight excluding hydrogens is 381 g/mol. The molecule has 0 saturated heterocycles. The summed E-state index contributed by atoms with van der Waals surface area (Å²) in [5, 5.41) is 6.13. The third kappa shape index (κ3) is 5.84. The van der Waals surface area contributed by atoms with Crippen LogP contribution in [-0.4, -0.2) is 47.0 Å². The average molecular weight is 407 g/mol. The minimum atomic E-state index is -0.333. The van der Waals surface area contributed by atoms with Crippen LogP contribution < -0.4 is 10.6 Å². The monoisotopic (exact) mass is 407 g/mol. The Morgan fingerprint density at radius 3 is 2.53 bits per heavy atom. The van der Waals surface area contributed by atoms with Crippen LogP contribution >= 0.6 is 0 Å². The van der Waals surface area contributed by atoms with Gasteiger partial charge in [-0.2, -0.15) is 0 Å². The molecule has 2 N–H and O–H groups in total. The molecule has 0 radical (unpaired) electrons. The van der Waals surface area contributed by atoms with Gasteiger partial charge in [0, 0.05) is 36.1 Å². The Labute approximate surface area is 176 Å². The summed E-state index contributed by atoms with van der Waals surface area (Å²) in [5.74, 6) is 0.592. The molecule has 0 saturated carbocycles. The van der Waals surface area contributed by atoms with Crippen molar-refractivity contribution in [2.45, 2.75) is 13.8 Å². The van der Waals surface area contributed by atoms with Gasteiger partial charge in [-0.05, 0) is 55.6 Å². The fraction of sp³-hybridized carbons (Fsp3) is 0.261. The van der Waals surface area contributed by atoms with Crippen molar-refractivity contribution in [3.8, 4) is 11.4 Å². The summed E-state index contributed by atoms with van der Waals surface area (Å²) < 4.78 is 13.5. The number of benzene rings is 2. The van der Waals surface area contributed by atoms with Crippen molar-refractivity contribution >= 4 is 17.4 Å². The zero-order chi connectivity index (χ0) is 21.3. The molecule has 1 aromatic heterocycles. The predicted molar refractivity (Wildman–Crippen MR) is 117 cm³/mol. The lowest BCUT2D eigenvalue weighted by molar-refractivity contribution is 0.0949. The predicted octanol–water partition coefficient (Wildman–Crippen LogP) is 4.10. The first-order valence-electron chi connectivity index (χ1n) is 10.1. The number of nitrogens with one attached hydrogen (secondary N) is 2. The fourth-order valence-electron chi connectivity index (χ4n) is 3.02. The maximum Gasteiger partial charge on any atom is 0.251 e. The van der Waals surface area contributed by atoms with E-state index in [0.717, 1.165) is 25.3 Å². The topological polar surface area (TPSA) is 70.2 Å². The van der Waals surface area contributed by atoms with Gasteiger partial charge in [0.25, 0.3) is 5.91 Å². The summed E-state index contributed by atoms with van der Waals surface area (Å²) in [4.78, 5) is 23.2. The van der Waals surface area contributed by atoms with E-state index in [1.165, 1.54) is 12.1 Å². The number of hydrogen-bond acceptors (Lipinski definition) is 5. The number of carbonyl (C=O) groups is 1. The molecule has 0 fully saturated rings. The molecule has 0 spiro atoms. The minimum absolute atomic E-state index is 0.0934. The molecule has 2 aromatic carbocycles. The molecule has 3 aromatic rings. The summed E-state index contributed by atoms with van der Waals surface area (Å²) in [6.07, 6.45) is 1.62. The highest BCUT2D eigenvalue weighted by molar-refractivity contribution is 5.94. The van der Waals surface area contributed by atoms with Gasteiger partial charge in [0.15, 0.2) is 5.82 Å². The summed E-state index contributed by atoms with van der Waals surface area (Å²) in [6, 6.07) is 15.1. The molecular formula is C23H26FN5O. The highest BCUT2D eigenvalue weighted by atomic mass is 19.1. The molecule has 0 unspecified atom stereocenters. The number of amides is 1. The first-order chi connectivity index (χ1) is 14.6. The molecule has 30 heavy (non-hydrogen) atoms. The van der Waals surface area contributed by atoms with Crippen LogP contribution in [0.1, 0.15) is 24.2 Å². The van der Waals surface area contributed by atoms with Crippen molar-refractivity contribution in [2.24, 2.45) is 0 Å². The van der Waals surface area contributed by atoms with Crippen molar-refractivity contribution in [3.05, 3.63) is 72.2 Å². The smallest absolute Gasteiger partial charge is 0.251 e. The van der Waals surface area contributed by atoms with Crippen LogP contribution in [0.4, 0.5) is 15.9 Å². The summed E-state index contributed by atoms with van der Waals surface area (Å²) in [6.45, 7) is 7.60. The second-order valence-corrected chi connectivity index (χ2v) is 6.76. The van der Waals surface area contributed by atoms with Crippen LogP contribution in [0.3, 0.4) is 0 Å². The van der Waals surface area contributed by atoms with Gasteiger partial charge in [0.2, 0.25) is 0 Å². The van der Waals surface area contributed by atoms with E-state index in [1.807, 2.05) is 12.1 Å². The van der Waals surface area contributed by atoms with Crippen LogP contribution in [0.15, 0.2) is 60.8 Å². The van der Waals surface area contributed by atoms with Gasteiger partial charge >= 0.3 is 0 Å². The van der Waals surface area contributed by atoms with Crippen molar-refractivity contribution in [1.82, 2.24) is 20.2 Å². The number of rotatable bonds is 9. The Morgan fingerprint density at radius 1 is 1.07 bits per heavy atom. The summed E-state index contributed by atoms with van der Waals surface area (Å²) in [7, 11) is 0. The van der Waals surface area contributed by atoms with E-state index < -0.39 is 0 Å². The van der Waals surface area contributed by atoms with E-state index in [1.54, 1.807) is 36.5 Å². The first kappa shape index (κ1) is 21.4. The SMILES string of the molecule is CCN(CC)CCNC(=O)c1ccc(Nc2ccnc(-c3cccc(F)c3)n2)cc1. The van der Waals surface area contributed by atoms with Crippen molar-refractivity contribution in [1.29, 1.82) is 0 Å². The molecule has 156 valence electrons. The Balaban J connectivity index is 1.60. The lowest BCUT2D eigenvalue weighted by Gasteiger charge is -2.18. The maximum absolute atomic E-state index is 13.5. The van der Waals surface area contributed by atoms with E-state index >= 15 is 0 Å². The van der Waals surface area contributed by atoms with E-state index in [2.05, 4.69) is 39.3 Å². The number of carbonyl (C=O) groups excluding carboxylic acids is 1. The van der Waals surface area contributed by atoms with Crippen molar-refractivity contribution < 1.29 is 9.18 Å². The van der Waals surface area contributed by atoms with E-state index in [4.69, 9.17) is 0 Å². The number of nitrogens with zero attached hydrogens (tertiary/aromatic N) is 3. The molecule has 0 aliphatic carbocycles. The van der Waals surface area contributed by atoms with E-state index in [0.29, 0.717) is 29.3 Å². The molecule has 0 atom stereocenters. The fourth-order valence-corrected chi connectivity index (χ4v) is 3.02. The largest absolute Gasteiger partial charge is 0.351 e. The Morgan fingerprint density at radius 2 is 1.83 bits per heavy atom. The zero-order valence-corrected chi connectivity index (χ0v) is 17.2. The number of aromatic nitrogens is 2. The van der Waals surface area contributed by atoms with Gasteiger partial charge in [0.1, 0.15) is 11.6 Å². The maximum atomic E-state index is 13.5. The third-order valence-corrected chi connectivity index (χ3v) is 4.77. The molecule has 3 rings (SSSR count). The lowest BCUT2D eigenvalue weighted by Crippen LogP contribution is -2.34. The van der Waals surface area contributed by atoms with Crippen molar-refractivity contribution in [3.63, 3.8) is 0 Å². The molecule has 0 aliphatic heterocycles. The average Bonchev–Trinajstić information content (AvgIpc) is 2.77. The Bertz CT molecular complexity index is 973. The number of hydrogen-bond donors (Lipinski definition) is 2. The van der Waals surface area contributed by atoms with Crippen LogP contribution in [0, 0.1) is 5.82 Å². The van der Waals surface area contributed by atoms with Gasteiger partial charge in [-0.3, -0.25) is 4.79 Å². The molecule has 6 nitrogen and oxygen atoms in total. The quantitative estimate of drug-likeness (QED) is 0.559. The van der Waals surface area contributed by atoms with Crippen molar-refractivity contribution in [2.75, 3.05) is 31.5 Å². The lowest BCUT2D eigenvalue weighted by atomic mass is 10.2. The number of likely N-dealkylation sites (N-methyl/N-ethyl adjacent to an activating group) is 1. The molecule has 7 heteroatoms. The van der Waals surface area contributed by atoms with Gasteiger partial charge in [-0.15, -0.1) is 0 Å². The zero-order valence-electron chi connectivity index (χ0n) is 17.2. The van der Waals surface area contributed by atoms with Crippen LogP contribution in [0.25, 0.3) is 11.4 Å². The van der Waals surface area contributed by atoms with Crippen LogP contribution in [0.5, 0.6) is 0 Å². The second-order valence-electron chi connectivity index (χ2n) is 6.76. The highest BCUT2D eigenvalue weighted by Crippen LogP contribution is 2.20. The highest BCUT2D eigenvalue weighted by Gasteiger charge is 2.07. The number of anilines is 2. The van der Waals surface area contributed by atoms with Gasteiger partial charge in [0.05, 0.1) is 0 Å². The van der Waals surface area contributed by atoms with Crippen LogP contribution in [0.2, 0.25) is 0 Å². The van der Waals surface area contributed by atoms with Gasteiger partial charge in [-0.1, -0.05) is 26.0 Å². The van der Waals surface area contributed by atoms with E-state index in [-0.39, 0.29) is 11.7 Å². The molecule has 0 bridgehead atoms. The third-order valence-electron chi connectivity index (χ3n) is 4.77. The second kappa shape index (κ2) is 10.5. The molecule has 0 aliphatic rings. The normalized spacial score (nSPS) is 10.8. The van der Waals surface area contributed by atoms with Crippen LogP contribution in [-0.2, 0) is 0 Å². The summed E-state index contributed by atoms with van der Waals surface area (Å²) >= 11 is 0. The number of halogens is 1. The standard InChI is InChI=1S/C23H26FN5O/c1-3-29(4-2)15-14-26-23(30)17-8-10-20(11-9-17)27-21-12-13-25-22(28-21)18-6-5-7-19(24)16-18/h5-13,16H,3-4,14-15H2,1-2H3,(H,26,30)(H,25,27,28). The minimum Gasteiger partial charge on any atom is -0.351 e. The van der Waals surface area contributed by atoms with E-state index in [9.17, 15) is 9.18 Å². The molecule has 1 amide bonds. The van der Waals surface area contributed by atoms with Gasteiger partial charge in [-0.25, -0.2) is 14.4 Å². The summed E-state index contributed by atoms with van der Waals surface area (Å²) in [5.41, 5.74) is 2.00. The molecule has 1 heterocycles. The first-order valence-corrected chi connectivity index (χ1v) is 10.1. The van der Waals surface area contributed by atoms with Gasteiger partial charge < -0.3 is 15.5 Å². The Hall–Kier alpha value is -3.32. The Kier molecular flexibility index (Phi) is 7.45.